The average Bonchev–Trinajstić information content (AvgIpc) is 2.74. The van der Waals surface area contributed by atoms with Gasteiger partial charge < -0.3 is 10.2 Å². The molecule has 108 valence electrons. The molecule has 0 spiro atoms. The minimum absolute atomic E-state index is 0.108. The second-order valence-electron chi connectivity index (χ2n) is 5.49. The summed E-state index contributed by atoms with van der Waals surface area (Å²) in [7, 11) is 0. The number of anilines is 2. The monoisotopic (exact) mass is 281 g/mol. The number of carbonyl (C=O) groups is 1. The molecule has 2 aromatic rings. The predicted molar refractivity (Wildman–Crippen MR) is 84.4 cm³/mol. The van der Waals surface area contributed by atoms with Crippen LogP contribution < -0.4 is 10.2 Å². The van der Waals surface area contributed by atoms with Gasteiger partial charge in [-0.25, -0.2) is 4.98 Å². The second kappa shape index (κ2) is 5.56. The van der Waals surface area contributed by atoms with Crippen molar-refractivity contribution < 1.29 is 4.79 Å². The zero-order valence-electron chi connectivity index (χ0n) is 12.3. The van der Waals surface area contributed by atoms with Crippen LogP contribution in [-0.4, -0.2) is 23.0 Å². The van der Waals surface area contributed by atoms with E-state index in [0.717, 1.165) is 23.6 Å². The molecule has 0 saturated carbocycles. The number of hydrogen-bond acceptors (Lipinski definition) is 3. The third kappa shape index (κ3) is 2.75. The first-order valence-corrected chi connectivity index (χ1v) is 7.23. The van der Waals surface area contributed by atoms with Crippen LogP contribution in [0.1, 0.15) is 19.0 Å². The van der Waals surface area contributed by atoms with Gasteiger partial charge in [0.05, 0.1) is 0 Å². The first-order chi connectivity index (χ1) is 10.1. The first-order valence-electron chi connectivity index (χ1n) is 7.23. The van der Waals surface area contributed by atoms with E-state index in [4.69, 9.17) is 0 Å². The molecule has 1 aliphatic heterocycles. The molecular weight excluding hydrogens is 262 g/mol. The number of carbonyl (C=O) groups excluding carboxylic acids is 1. The molecule has 1 aliphatic rings. The van der Waals surface area contributed by atoms with Crippen molar-refractivity contribution in [3.8, 4) is 0 Å². The Balaban J connectivity index is 1.79. The molecule has 0 radical (unpaired) electrons. The maximum Gasteiger partial charge on any atom is 0.249 e. The fourth-order valence-electron chi connectivity index (χ4n) is 2.83. The van der Waals surface area contributed by atoms with E-state index in [1.165, 1.54) is 0 Å². The number of hydrogen-bond donors (Lipinski definition) is 1. The number of rotatable bonds is 3. The molecule has 4 heteroatoms. The summed E-state index contributed by atoms with van der Waals surface area (Å²) in [6, 6.07) is 15.6. The van der Waals surface area contributed by atoms with Crippen molar-refractivity contribution in [2.24, 2.45) is 0 Å². The van der Waals surface area contributed by atoms with Crippen LogP contribution in [0.3, 0.4) is 0 Å². The van der Waals surface area contributed by atoms with Gasteiger partial charge in [0.1, 0.15) is 11.9 Å². The Bertz CT molecular complexity index is 641. The van der Waals surface area contributed by atoms with Gasteiger partial charge in [0.2, 0.25) is 5.91 Å². The fourth-order valence-corrected chi connectivity index (χ4v) is 2.83. The molecule has 4 nitrogen and oxygen atoms in total. The van der Waals surface area contributed by atoms with E-state index in [-0.39, 0.29) is 18.0 Å². The minimum Gasteiger partial charge on any atom is -0.358 e. The Morgan fingerprint density at radius 1 is 1.14 bits per heavy atom. The Morgan fingerprint density at radius 2 is 1.90 bits per heavy atom. The lowest BCUT2D eigenvalue weighted by molar-refractivity contribution is -0.117. The quantitative estimate of drug-likeness (QED) is 0.940. The van der Waals surface area contributed by atoms with Gasteiger partial charge in [0.25, 0.3) is 0 Å². The lowest BCUT2D eigenvalue weighted by Gasteiger charge is -2.21. The van der Waals surface area contributed by atoms with E-state index in [1.54, 1.807) is 0 Å². The van der Waals surface area contributed by atoms with Gasteiger partial charge in [0.15, 0.2) is 0 Å². The zero-order valence-corrected chi connectivity index (χ0v) is 12.3. The first kappa shape index (κ1) is 13.6. The summed E-state index contributed by atoms with van der Waals surface area (Å²) in [4.78, 5) is 18.9. The third-order valence-corrected chi connectivity index (χ3v) is 3.80. The summed E-state index contributed by atoms with van der Waals surface area (Å²) in [5.41, 5.74) is 1.90. The lowest BCUT2D eigenvalue weighted by Crippen LogP contribution is -2.35. The van der Waals surface area contributed by atoms with Gasteiger partial charge in [-0.15, -0.1) is 0 Å². The summed E-state index contributed by atoms with van der Waals surface area (Å²) < 4.78 is 0. The molecule has 3 rings (SSSR count). The van der Waals surface area contributed by atoms with Crippen molar-refractivity contribution in [1.82, 2.24) is 4.98 Å². The number of nitrogens with zero attached hydrogens (tertiary/aromatic N) is 2. The van der Waals surface area contributed by atoms with E-state index in [2.05, 4.69) is 17.2 Å². The predicted octanol–water partition coefficient (Wildman–Crippen LogP) is 3.00. The van der Waals surface area contributed by atoms with E-state index >= 15 is 0 Å². The number of amides is 1. The van der Waals surface area contributed by atoms with Crippen molar-refractivity contribution in [1.29, 1.82) is 0 Å². The molecule has 1 fully saturated rings. The number of aromatic nitrogens is 1. The maximum absolute atomic E-state index is 12.6. The van der Waals surface area contributed by atoms with Crippen LogP contribution in [0.15, 0.2) is 48.5 Å². The highest BCUT2D eigenvalue weighted by Crippen LogP contribution is 2.27. The second-order valence-corrected chi connectivity index (χ2v) is 5.49. The smallest absolute Gasteiger partial charge is 0.249 e. The Morgan fingerprint density at radius 3 is 2.62 bits per heavy atom. The molecule has 1 saturated heterocycles. The minimum atomic E-state index is -0.213. The molecule has 1 aromatic heterocycles. The third-order valence-electron chi connectivity index (χ3n) is 3.80. The standard InChI is InChI=1S/C17H19N3O/c1-12-7-6-10-16(18-12)19-15-11-13(2)20(17(15)21)14-8-4-3-5-9-14/h3-10,13,15H,11H2,1-2H3,(H,18,19). The van der Waals surface area contributed by atoms with Crippen molar-refractivity contribution in [2.45, 2.75) is 32.4 Å². The van der Waals surface area contributed by atoms with E-state index in [0.29, 0.717) is 0 Å². The number of nitrogens with one attached hydrogen (secondary N) is 1. The van der Waals surface area contributed by atoms with E-state index in [1.807, 2.05) is 60.4 Å². The van der Waals surface area contributed by atoms with Gasteiger partial charge in [-0.3, -0.25) is 4.79 Å². The van der Waals surface area contributed by atoms with Crippen LogP contribution in [-0.2, 0) is 4.79 Å². The van der Waals surface area contributed by atoms with Crippen LogP contribution in [0.25, 0.3) is 0 Å². The maximum atomic E-state index is 12.6. The number of aryl methyl sites for hydroxylation is 1. The normalized spacial score (nSPS) is 21.6. The van der Waals surface area contributed by atoms with Crippen LogP contribution in [0.5, 0.6) is 0 Å². The molecule has 1 N–H and O–H groups in total. The van der Waals surface area contributed by atoms with Crippen molar-refractivity contribution >= 4 is 17.4 Å². The average molecular weight is 281 g/mol. The summed E-state index contributed by atoms with van der Waals surface area (Å²) in [5.74, 6) is 0.868. The van der Waals surface area contributed by atoms with Gasteiger partial charge in [-0.1, -0.05) is 24.3 Å². The van der Waals surface area contributed by atoms with E-state index < -0.39 is 0 Å². The molecule has 0 bridgehead atoms. The van der Waals surface area contributed by atoms with Crippen LogP contribution in [0.4, 0.5) is 11.5 Å². The Labute approximate surface area is 124 Å². The van der Waals surface area contributed by atoms with E-state index in [9.17, 15) is 4.79 Å². The number of benzene rings is 1. The highest BCUT2D eigenvalue weighted by atomic mass is 16.2. The molecule has 2 unspecified atom stereocenters. The van der Waals surface area contributed by atoms with Gasteiger partial charge >= 0.3 is 0 Å². The topological polar surface area (TPSA) is 45.2 Å². The zero-order chi connectivity index (χ0) is 14.8. The van der Waals surface area contributed by atoms with Gasteiger partial charge in [-0.05, 0) is 44.5 Å². The molecule has 1 amide bonds. The van der Waals surface area contributed by atoms with Crippen LogP contribution in [0, 0.1) is 6.92 Å². The summed E-state index contributed by atoms with van der Waals surface area (Å²) in [6.07, 6.45) is 0.781. The SMILES string of the molecule is Cc1cccc(NC2CC(C)N(c3ccccc3)C2=O)n1. The molecule has 1 aromatic carbocycles. The van der Waals surface area contributed by atoms with Gasteiger partial charge in [0, 0.05) is 17.4 Å². The van der Waals surface area contributed by atoms with Gasteiger partial charge in [-0.2, -0.15) is 0 Å². The Hall–Kier alpha value is -2.36. The van der Waals surface area contributed by atoms with Crippen molar-refractivity contribution in [3.63, 3.8) is 0 Å². The molecule has 0 aliphatic carbocycles. The molecule has 21 heavy (non-hydrogen) atoms. The van der Waals surface area contributed by atoms with Crippen LogP contribution in [0.2, 0.25) is 0 Å². The largest absolute Gasteiger partial charge is 0.358 e. The molecule has 2 heterocycles. The Kier molecular flexibility index (Phi) is 3.60. The van der Waals surface area contributed by atoms with Crippen molar-refractivity contribution in [2.75, 3.05) is 10.2 Å². The molecule has 2 atom stereocenters. The fraction of sp³-hybridized carbons (Fsp3) is 0.294. The number of pyridine rings is 1. The summed E-state index contributed by atoms with van der Waals surface area (Å²) in [5, 5.41) is 3.26. The van der Waals surface area contributed by atoms with Crippen molar-refractivity contribution in [3.05, 3.63) is 54.2 Å². The number of para-hydroxylation sites is 1. The lowest BCUT2D eigenvalue weighted by atomic mass is 10.2. The molecular formula is C17H19N3O. The summed E-state index contributed by atoms with van der Waals surface area (Å²) >= 11 is 0. The summed E-state index contributed by atoms with van der Waals surface area (Å²) in [6.45, 7) is 4.02. The van der Waals surface area contributed by atoms with Crippen LogP contribution >= 0.6 is 0 Å². The highest BCUT2D eigenvalue weighted by molar-refractivity contribution is 6.01. The highest BCUT2D eigenvalue weighted by Gasteiger charge is 2.38.